The Hall–Kier alpha value is -1.90. The van der Waals surface area contributed by atoms with Crippen LogP contribution in [0.4, 0.5) is 5.82 Å². The normalized spacial score (nSPS) is 10.5. The highest BCUT2D eigenvalue weighted by molar-refractivity contribution is 5.91. The van der Waals surface area contributed by atoms with E-state index in [0.29, 0.717) is 5.82 Å². The van der Waals surface area contributed by atoms with E-state index in [2.05, 4.69) is 35.4 Å². The number of hydrogen-bond donors (Lipinski definition) is 1. The predicted molar refractivity (Wildman–Crippen MR) is 70.2 cm³/mol. The summed E-state index contributed by atoms with van der Waals surface area (Å²) in [5.74, 6) is 0.527. The lowest BCUT2D eigenvalue weighted by Gasteiger charge is -2.07. The van der Waals surface area contributed by atoms with Crippen LogP contribution >= 0.6 is 0 Å². The van der Waals surface area contributed by atoms with E-state index in [1.807, 2.05) is 13.0 Å². The van der Waals surface area contributed by atoms with E-state index in [0.717, 1.165) is 22.9 Å². The molecule has 1 aromatic heterocycles. The molecule has 88 valence electrons. The van der Waals surface area contributed by atoms with Gasteiger partial charge in [-0.3, -0.25) is 4.79 Å². The number of amides is 1. The summed E-state index contributed by atoms with van der Waals surface area (Å²) in [4.78, 5) is 15.5. The third kappa shape index (κ3) is 2.44. The maximum Gasteiger partial charge on any atom is 0.222 e. The van der Waals surface area contributed by atoms with Gasteiger partial charge in [0.25, 0.3) is 0 Å². The zero-order valence-electron chi connectivity index (χ0n) is 10.4. The van der Waals surface area contributed by atoms with Crippen molar-refractivity contribution in [2.24, 2.45) is 0 Å². The van der Waals surface area contributed by atoms with Crippen molar-refractivity contribution in [2.45, 2.75) is 27.2 Å². The molecular weight excluding hydrogens is 212 g/mol. The van der Waals surface area contributed by atoms with Crippen molar-refractivity contribution in [3.05, 3.63) is 35.4 Å². The predicted octanol–water partition coefficient (Wildman–Crippen LogP) is 3.06. The van der Waals surface area contributed by atoms with Crippen molar-refractivity contribution < 1.29 is 4.79 Å². The molecule has 0 saturated carbocycles. The molecule has 1 amide bonds. The van der Waals surface area contributed by atoms with Gasteiger partial charge in [-0.15, -0.1) is 0 Å². The summed E-state index contributed by atoms with van der Waals surface area (Å²) in [6, 6.07) is 8.19. The van der Waals surface area contributed by atoms with E-state index in [1.165, 1.54) is 12.5 Å². The first-order valence-electron chi connectivity index (χ1n) is 5.78. The number of rotatable bonds is 2. The van der Waals surface area contributed by atoms with Gasteiger partial charge in [0, 0.05) is 12.3 Å². The van der Waals surface area contributed by atoms with Gasteiger partial charge in [-0.2, -0.15) is 0 Å². The van der Waals surface area contributed by atoms with Gasteiger partial charge < -0.3 is 5.32 Å². The number of nitrogens with one attached hydrogen (secondary N) is 1. The van der Waals surface area contributed by atoms with Crippen LogP contribution < -0.4 is 5.32 Å². The zero-order valence-corrected chi connectivity index (χ0v) is 10.4. The molecule has 0 unspecified atom stereocenters. The average Bonchev–Trinajstić information content (AvgIpc) is 2.27. The Morgan fingerprint density at radius 2 is 2.12 bits per heavy atom. The van der Waals surface area contributed by atoms with Crippen molar-refractivity contribution in [3.63, 3.8) is 0 Å². The summed E-state index contributed by atoms with van der Waals surface area (Å²) in [5.41, 5.74) is 3.32. The van der Waals surface area contributed by atoms with E-state index < -0.39 is 0 Å². The second-order valence-electron chi connectivity index (χ2n) is 4.21. The number of carbonyl (C=O) groups is 1. The Morgan fingerprint density at radius 1 is 1.35 bits per heavy atom. The van der Waals surface area contributed by atoms with Gasteiger partial charge in [-0.05, 0) is 36.6 Å². The first-order chi connectivity index (χ1) is 8.10. The number of hydrogen-bond acceptors (Lipinski definition) is 2. The summed E-state index contributed by atoms with van der Waals surface area (Å²) in [6.07, 6.45) is 0.987. The lowest BCUT2D eigenvalue weighted by Crippen LogP contribution is -2.07. The topological polar surface area (TPSA) is 42.0 Å². The molecule has 3 heteroatoms. The molecule has 0 aliphatic carbocycles. The van der Waals surface area contributed by atoms with Crippen molar-refractivity contribution >= 4 is 22.6 Å². The van der Waals surface area contributed by atoms with Gasteiger partial charge in [0.1, 0.15) is 5.82 Å². The second-order valence-corrected chi connectivity index (χ2v) is 4.21. The number of nitrogens with zero attached hydrogens (tertiary/aromatic N) is 1. The molecule has 0 aliphatic heterocycles. The summed E-state index contributed by atoms with van der Waals surface area (Å²) in [5, 5.41) is 3.86. The molecule has 0 radical (unpaired) electrons. The standard InChI is InChI=1S/C14H16N2O/c1-4-11-5-6-12-9(2)7-14(15-10(3)17)16-13(12)8-11/h5-8H,4H2,1-3H3,(H,15,16,17). The minimum absolute atomic E-state index is 0.0945. The summed E-state index contributed by atoms with van der Waals surface area (Å²) >= 11 is 0. The zero-order chi connectivity index (χ0) is 12.4. The monoisotopic (exact) mass is 228 g/mol. The third-order valence-corrected chi connectivity index (χ3v) is 2.79. The minimum atomic E-state index is -0.0945. The molecule has 0 bridgehead atoms. The molecule has 0 spiro atoms. The Bertz CT molecular complexity index is 576. The van der Waals surface area contributed by atoms with Gasteiger partial charge in [-0.1, -0.05) is 19.1 Å². The van der Waals surface area contributed by atoms with Crippen molar-refractivity contribution in [1.29, 1.82) is 0 Å². The smallest absolute Gasteiger partial charge is 0.222 e. The molecule has 3 nitrogen and oxygen atoms in total. The number of benzene rings is 1. The Balaban J connectivity index is 2.57. The highest BCUT2D eigenvalue weighted by Crippen LogP contribution is 2.21. The molecule has 0 fully saturated rings. The fraction of sp³-hybridized carbons (Fsp3) is 0.286. The second kappa shape index (κ2) is 4.53. The van der Waals surface area contributed by atoms with E-state index in [4.69, 9.17) is 0 Å². The van der Waals surface area contributed by atoms with Crippen molar-refractivity contribution in [1.82, 2.24) is 4.98 Å². The van der Waals surface area contributed by atoms with Crippen LogP contribution in [-0.4, -0.2) is 10.9 Å². The van der Waals surface area contributed by atoms with Crippen LogP contribution in [-0.2, 0) is 11.2 Å². The molecular formula is C14H16N2O. The number of carbonyl (C=O) groups excluding carboxylic acids is 1. The number of fused-ring (bicyclic) bond motifs is 1. The minimum Gasteiger partial charge on any atom is -0.311 e. The van der Waals surface area contributed by atoms with Gasteiger partial charge in [0.15, 0.2) is 0 Å². The third-order valence-electron chi connectivity index (χ3n) is 2.79. The quantitative estimate of drug-likeness (QED) is 0.858. The first kappa shape index (κ1) is 11.6. The fourth-order valence-electron chi connectivity index (χ4n) is 1.91. The van der Waals surface area contributed by atoms with Gasteiger partial charge >= 0.3 is 0 Å². The Morgan fingerprint density at radius 3 is 2.76 bits per heavy atom. The van der Waals surface area contributed by atoms with Crippen molar-refractivity contribution in [3.8, 4) is 0 Å². The Kier molecular flexibility index (Phi) is 3.09. The molecule has 0 saturated heterocycles. The summed E-state index contributed by atoms with van der Waals surface area (Å²) in [6.45, 7) is 5.64. The van der Waals surface area contributed by atoms with Crippen LogP contribution in [0, 0.1) is 6.92 Å². The summed E-state index contributed by atoms with van der Waals surface area (Å²) < 4.78 is 0. The van der Waals surface area contributed by atoms with Crippen LogP contribution in [0.2, 0.25) is 0 Å². The average molecular weight is 228 g/mol. The Labute approximate surface area is 101 Å². The summed E-state index contributed by atoms with van der Waals surface area (Å²) in [7, 11) is 0. The molecule has 2 aromatic rings. The van der Waals surface area contributed by atoms with Crippen LogP contribution in [0.25, 0.3) is 10.9 Å². The van der Waals surface area contributed by atoms with Crippen LogP contribution in [0.3, 0.4) is 0 Å². The molecule has 2 rings (SSSR count). The van der Waals surface area contributed by atoms with E-state index in [1.54, 1.807) is 0 Å². The molecule has 0 aliphatic rings. The molecule has 17 heavy (non-hydrogen) atoms. The SMILES string of the molecule is CCc1ccc2c(C)cc(NC(C)=O)nc2c1. The fourth-order valence-corrected chi connectivity index (χ4v) is 1.91. The van der Waals surface area contributed by atoms with Crippen LogP contribution in [0.5, 0.6) is 0 Å². The molecule has 1 N–H and O–H groups in total. The van der Waals surface area contributed by atoms with Crippen LogP contribution in [0.1, 0.15) is 25.0 Å². The largest absolute Gasteiger partial charge is 0.311 e. The highest BCUT2D eigenvalue weighted by atomic mass is 16.1. The van der Waals surface area contributed by atoms with Gasteiger partial charge in [0.2, 0.25) is 5.91 Å². The van der Waals surface area contributed by atoms with Gasteiger partial charge in [-0.25, -0.2) is 4.98 Å². The van der Waals surface area contributed by atoms with E-state index in [9.17, 15) is 4.79 Å². The lowest BCUT2D eigenvalue weighted by molar-refractivity contribution is -0.114. The maximum atomic E-state index is 11.0. The number of pyridine rings is 1. The molecule has 0 atom stereocenters. The first-order valence-corrected chi connectivity index (χ1v) is 5.78. The lowest BCUT2D eigenvalue weighted by atomic mass is 10.1. The van der Waals surface area contributed by atoms with Crippen molar-refractivity contribution in [2.75, 3.05) is 5.32 Å². The van der Waals surface area contributed by atoms with E-state index >= 15 is 0 Å². The molecule has 1 heterocycles. The number of anilines is 1. The maximum absolute atomic E-state index is 11.0. The molecule has 1 aromatic carbocycles. The van der Waals surface area contributed by atoms with Gasteiger partial charge in [0.05, 0.1) is 5.52 Å². The number of aryl methyl sites for hydroxylation is 2. The highest BCUT2D eigenvalue weighted by Gasteiger charge is 2.04. The van der Waals surface area contributed by atoms with E-state index in [-0.39, 0.29) is 5.91 Å². The van der Waals surface area contributed by atoms with Crippen LogP contribution in [0.15, 0.2) is 24.3 Å². The number of aromatic nitrogens is 1.